The lowest BCUT2D eigenvalue weighted by Crippen LogP contribution is -2.23. The Morgan fingerprint density at radius 1 is 1.00 bits per heavy atom. The summed E-state index contributed by atoms with van der Waals surface area (Å²) in [7, 11) is 0. The van der Waals surface area contributed by atoms with Crippen LogP contribution in [0.25, 0.3) is 0 Å². The Kier molecular flexibility index (Phi) is 3.48. The average molecular weight is 210 g/mol. The molecule has 0 radical (unpaired) electrons. The van der Waals surface area contributed by atoms with Gasteiger partial charge in [-0.1, -0.05) is 19.8 Å². The first-order valence-electron chi connectivity index (χ1n) is 6.51. The van der Waals surface area contributed by atoms with Gasteiger partial charge in [0.1, 0.15) is 0 Å². The lowest BCUT2D eigenvalue weighted by atomic mass is 9.71. The Hall–Kier alpha value is -0.330. The number of halogens is 1. The molecule has 0 aliphatic heterocycles. The molecule has 86 valence electrons. The van der Waals surface area contributed by atoms with Gasteiger partial charge in [0.05, 0.1) is 5.83 Å². The minimum atomic E-state index is 0.199. The molecule has 0 nitrogen and oxygen atoms in total. The van der Waals surface area contributed by atoms with E-state index in [1.807, 2.05) is 6.92 Å². The summed E-state index contributed by atoms with van der Waals surface area (Å²) in [6, 6.07) is 0. The largest absolute Gasteiger partial charge is 0.212 e. The third-order valence-electron chi connectivity index (χ3n) is 4.52. The zero-order valence-electron chi connectivity index (χ0n) is 10.1. The lowest BCUT2D eigenvalue weighted by molar-refractivity contribution is 0.188. The normalized spacial score (nSPS) is 38.2. The first-order chi connectivity index (χ1) is 7.16. The molecule has 0 N–H and O–H groups in total. The van der Waals surface area contributed by atoms with Crippen LogP contribution in [0.2, 0.25) is 0 Å². The third kappa shape index (κ3) is 2.62. The summed E-state index contributed by atoms with van der Waals surface area (Å²) in [6.07, 6.45) is 8.40. The molecule has 15 heavy (non-hydrogen) atoms. The van der Waals surface area contributed by atoms with Crippen LogP contribution in [0.3, 0.4) is 0 Å². The van der Waals surface area contributed by atoms with Crippen molar-refractivity contribution in [1.82, 2.24) is 0 Å². The van der Waals surface area contributed by atoms with Crippen LogP contribution >= 0.6 is 0 Å². The van der Waals surface area contributed by atoms with Crippen molar-refractivity contribution in [2.75, 3.05) is 0 Å². The highest BCUT2D eigenvalue weighted by Gasteiger charge is 2.29. The summed E-state index contributed by atoms with van der Waals surface area (Å²) >= 11 is 0. The molecular formula is C14H23F. The highest BCUT2D eigenvalue weighted by molar-refractivity contribution is 5.10. The SMILES string of the molecule is CC1=C(F)CC(C2CCC(C)CC2)CC1. The molecule has 0 bridgehead atoms. The van der Waals surface area contributed by atoms with E-state index in [-0.39, 0.29) is 5.83 Å². The highest BCUT2D eigenvalue weighted by atomic mass is 19.1. The van der Waals surface area contributed by atoms with Crippen molar-refractivity contribution < 1.29 is 4.39 Å². The standard InChI is InChI=1S/C14H23F/c1-10-3-6-12(7-4-10)13-8-5-11(2)14(15)9-13/h10,12-13H,3-9H2,1-2H3. The van der Waals surface area contributed by atoms with Crippen molar-refractivity contribution in [3.05, 3.63) is 11.4 Å². The van der Waals surface area contributed by atoms with Gasteiger partial charge in [0, 0.05) is 6.42 Å². The molecule has 0 aromatic rings. The van der Waals surface area contributed by atoms with Gasteiger partial charge in [-0.05, 0) is 55.9 Å². The van der Waals surface area contributed by atoms with E-state index in [4.69, 9.17) is 0 Å². The summed E-state index contributed by atoms with van der Waals surface area (Å²) in [5.41, 5.74) is 1.01. The molecule has 0 aromatic heterocycles. The van der Waals surface area contributed by atoms with Crippen LogP contribution in [0, 0.1) is 17.8 Å². The van der Waals surface area contributed by atoms with Crippen LogP contribution in [0.1, 0.15) is 58.8 Å². The Labute approximate surface area is 92.9 Å². The van der Waals surface area contributed by atoms with E-state index in [1.165, 1.54) is 32.1 Å². The second-order valence-electron chi connectivity index (χ2n) is 5.71. The van der Waals surface area contributed by atoms with Crippen molar-refractivity contribution in [1.29, 1.82) is 0 Å². The fourth-order valence-corrected chi connectivity index (χ4v) is 3.20. The van der Waals surface area contributed by atoms with E-state index in [0.29, 0.717) is 5.92 Å². The molecule has 0 spiro atoms. The Morgan fingerprint density at radius 3 is 2.27 bits per heavy atom. The van der Waals surface area contributed by atoms with E-state index in [0.717, 1.165) is 30.3 Å². The first-order valence-corrected chi connectivity index (χ1v) is 6.51. The van der Waals surface area contributed by atoms with Gasteiger partial charge in [0.25, 0.3) is 0 Å². The number of hydrogen-bond acceptors (Lipinski definition) is 0. The molecule has 1 unspecified atom stereocenters. The van der Waals surface area contributed by atoms with Gasteiger partial charge in [-0.3, -0.25) is 0 Å². The number of allylic oxidation sites excluding steroid dienone is 2. The van der Waals surface area contributed by atoms with Gasteiger partial charge < -0.3 is 0 Å². The maximum absolute atomic E-state index is 13.5. The molecule has 1 atom stereocenters. The van der Waals surface area contributed by atoms with Gasteiger partial charge in [-0.25, -0.2) is 4.39 Å². The third-order valence-corrected chi connectivity index (χ3v) is 4.52. The van der Waals surface area contributed by atoms with Crippen LogP contribution in [0.15, 0.2) is 11.4 Å². The van der Waals surface area contributed by atoms with Crippen LogP contribution in [0.5, 0.6) is 0 Å². The molecule has 1 saturated carbocycles. The van der Waals surface area contributed by atoms with Crippen molar-refractivity contribution >= 4 is 0 Å². The van der Waals surface area contributed by atoms with Gasteiger partial charge in [0.15, 0.2) is 0 Å². The Bertz CT molecular complexity index is 246. The molecule has 2 rings (SSSR count). The summed E-state index contributed by atoms with van der Waals surface area (Å²) in [5.74, 6) is 2.58. The summed E-state index contributed by atoms with van der Waals surface area (Å²) in [6.45, 7) is 4.30. The van der Waals surface area contributed by atoms with Crippen molar-refractivity contribution in [3.63, 3.8) is 0 Å². The second-order valence-corrected chi connectivity index (χ2v) is 5.71. The van der Waals surface area contributed by atoms with Gasteiger partial charge in [-0.15, -0.1) is 0 Å². The predicted molar refractivity (Wildman–Crippen MR) is 62.3 cm³/mol. The Balaban J connectivity index is 1.90. The molecule has 0 saturated heterocycles. The van der Waals surface area contributed by atoms with Crippen molar-refractivity contribution in [2.24, 2.45) is 17.8 Å². The van der Waals surface area contributed by atoms with E-state index in [9.17, 15) is 4.39 Å². The lowest BCUT2D eigenvalue weighted by Gasteiger charge is -2.34. The average Bonchev–Trinajstić information content (AvgIpc) is 2.23. The van der Waals surface area contributed by atoms with Crippen LogP contribution in [-0.2, 0) is 0 Å². The summed E-state index contributed by atoms with van der Waals surface area (Å²) in [5, 5.41) is 0. The second kappa shape index (κ2) is 4.67. The molecule has 0 heterocycles. The van der Waals surface area contributed by atoms with Crippen LogP contribution < -0.4 is 0 Å². The molecule has 0 amide bonds. The molecule has 1 heteroatoms. The smallest absolute Gasteiger partial charge is 0.0991 e. The maximum atomic E-state index is 13.5. The first kappa shape index (κ1) is 11.2. The number of hydrogen-bond donors (Lipinski definition) is 0. The van der Waals surface area contributed by atoms with E-state index in [2.05, 4.69) is 6.92 Å². The van der Waals surface area contributed by atoms with Gasteiger partial charge in [0.2, 0.25) is 0 Å². The summed E-state index contributed by atoms with van der Waals surface area (Å²) in [4.78, 5) is 0. The molecule has 1 fully saturated rings. The van der Waals surface area contributed by atoms with Gasteiger partial charge >= 0.3 is 0 Å². The van der Waals surface area contributed by atoms with E-state index >= 15 is 0 Å². The minimum absolute atomic E-state index is 0.199. The topological polar surface area (TPSA) is 0 Å². The molecule has 0 aromatic carbocycles. The van der Waals surface area contributed by atoms with Crippen molar-refractivity contribution in [3.8, 4) is 0 Å². The Morgan fingerprint density at radius 2 is 1.67 bits per heavy atom. The zero-order chi connectivity index (χ0) is 10.8. The number of rotatable bonds is 1. The fourth-order valence-electron chi connectivity index (χ4n) is 3.20. The monoisotopic (exact) mass is 210 g/mol. The predicted octanol–water partition coefficient (Wildman–Crippen LogP) is 4.86. The van der Waals surface area contributed by atoms with Gasteiger partial charge in [-0.2, -0.15) is 0 Å². The minimum Gasteiger partial charge on any atom is -0.212 e. The fraction of sp³-hybridized carbons (Fsp3) is 0.857. The highest BCUT2D eigenvalue weighted by Crippen LogP contribution is 2.41. The quantitative estimate of drug-likeness (QED) is 0.580. The van der Waals surface area contributed by atoms with Crippen LogP contribution in [0.4, 0.5) is 4.39 Å². The summed E-state index contributed by atoms with van der Waals surface area (Å²) < 4.78 is 13.5. The molecule has 2 aliphatic carbocycles. The van der Waals surface area contributed by atoms with E-state index in [1.54, 1.807) is 0 Å². The maximum Gasteiger partial charge on any atom is 0.0991 e. The van der Waals surface area contributed by atoms with E-state index < -0.39 is 0 Å². The molecule has 2 aliphatic rings. The zero-order valence-corrected chi connectivity index (χ0v) is 10.1. The molecular weight excluding hydrogens is 187 g/mol. The van der Waals surface area contributed by atoms with Crippen molar-refractivity contribution in [2.45, 2.75) is 58.8 Å². The van der Waals surface area contributed by atoms with Crippen LogP contribution in [-0.4, -0.2) is 0 Å².